The second kappa shape index (κ2) is 7.83. The number of nitrogens with one attached hydrogen (secondary N) is 1. The van der Waals surface area contributed by atoms with E-state index in [4.69, 9.17) is 11.6 Å². The Kier molecular flexibility index (Phi) is 5.53. The van der Waals surface area contributed by atoms with E-state index in [1.807, 2.05) is 30.4 Å². The van der Waals surface area contributed by atoms with Gasteiger partial charge in [-0.25, -0.2) is 0 Å². The molecule has 5 nitrogen and oxygen atoms in total. The van der Waals surface area contributed by atoms with E-state index < -0.39 is 0 Å². The van der Waals surface area contributed by atoms with E-state index in [1.165, 1.54) is 4.90 Å². The minimum atomic E-state index is -0.202. The van der Waals surface area contributed by atoms with E-state index in [1.54, 1.807) is 6.07 Å². The molecule has 3 amide bonds. The molecule has 132 valence electrons. The SMILES string of the molecule is O=C(CCCN1C(=O)C2CC=CCC2C1=O)NCc1ccccc1Cl. The summed E-state index contributed by atoms with van der Waals surface area (Å²) in [5.74, 6) is -0.692. The molecule has 1 saturated heterocycles. The number of imide groups is 1. The van der Waals surface area contributed by atoms with Crippen LogP contribution in [-0.2, 0) is 20.9 Å². The van der Waals surface area contributed by atoms with Crippen molar-refractivity contribution in [3.05, 3.63) is 47.0 Å². The summed E-state index contributed by atoms with van der Waals surface area (Å²) in [5.41, 5.74) is 0.860. The number of nitrogens with zero attached hydrogens (tertiary/aromatic N) is 1. The van der Waals surface area contributed by atoms with Gasteiger partial charge in [0.2, 0.25) is 17.7 Å². The van der Waals surface area contributed by atoms with Crippen molar-refractivity contribution in [2.45, 2.75) is 32.2 Å². The average Bonchev–Trinajstić information content (AvgIpc) is 2.86. The number of fused-ring (bicyclic) bond motifs is 1. The lowest BCUT2D eigenvalue weighted by atomic mass is 9.85. The Morgan fingerprint density at radius 3 is 2.40 bits per heavy atom. The molecule has 1 N–H and O–H groups in total. The van der Waals surface area contributed by atoms with Crippen molar-refractivity contribution < 1.29 is 14.4 Å². The molecule has 1 heterocycles. The number of halogens is 1. The van der Waals surface area contributed by atoms with Gasteiger partial charge in [0.1, 0.15) is 0 Å². The second-order valence-electron chi connectivity index (χ2n) is 6.46. The average molecular weight is 361 g/mol. The number of hydrogen-bond donors (Lipinski definition) is 1. The molecular weight excluding hydrogens is 340 g/mol. The molecule has 1 aromatic carbocycles. The van der Waals surface area contributed by atoms with Crippen LogP contribution >= 0.6 is 11.6 Å². The molecule has 6 heteroatoms. The van der Waals surface area contributed by atoms with Gasteiger partial charge in [0.25, 0.3) is 0 Å². The Bertz CT molecular complexity index is 690. The van der Waals surface area contributed by atoms with E-state index in [2.05, 4.69) is 5.32 Å². The molecule has 25 heavy (non-hydrogen) atoms. The molecule has 0 aromatic heterocycles. The number of amides is 3. The third-order valence-electron chi connectivity index (χ3n) is 4.82. The van der Waals surface area contributed by atoms with Crippen LogP contribution in [0.5, 0.6) is 0 Å². The van der Waals surface area contributed by atoms with Gasteiger partial charge < -0.3 is 5.32 Å². The summed E-state index contributed by atoms with van der Waals surface area (Å²) < 4.78 is 0. The van der Waals surface area contributed by atoms with E-state index in [0.29, 0.717) is 37.4 Å². The summed E-state index contributed by atoms with van der Waals surface area (Å²) in [4.78, 5) is 38.0. The first-order chi connectivity index (χ1) is 12.1. The quantitative estimate of drug-likeness (QED) is 0.626. The normalized spacial score (nSPS) is 22.2. The van der Waals surface area contributed by atoms with Crippen LogP contribution in [0.15, 0.2) is 36.4 Å². The summed E-state index contributed by atoms with van der Waals surface area (Å²) in [7, 11) is 0. The van der Waals surface area contributed by atoms with Gasteiger partial charge in [0, 0.05) is 24.5 Å². The first-order valence-corrected chi connectivity index (χ1v) is 8.96. The first-order valence-electron chi connectivity index (χ1n) is 8.58. The van der Waals surface area contributed by atoms with Crippen LogP contribution in [0, 0.1) is 11.8 Å². The van der Waals surface area contributed by atoms with Crippen molar-refractivity contribution >= 4 is 29.3 Å². The zero-order valence-corrected chi connectivity index (χ0v) is 14.7. The highest BCUT2D eigenvalue weighted by Crippen LogP contribution is 2.35. The fourth-order valence-corrected chi connectivity index (χ4v) is 3.61. The van der Waals surface area contributed by atoms with Crippen LogP contribution in [0.1, 0.15) is 31.2 Å². The van der Waals surface area contributed by atoms with Gasteiger partial charge in [-0.15, -0.1) is 0 Å². The lowest BCUT2D eigenvalue weighted by Gasteiger charge is -2.14. The number of likely N-dealkylation sites (tertiary alicyclic amines) is 1. The third kappa shape index (κ3) is 3.93. The van der Waals surface area contributed by atoms with Crippen LogP contribution < -0.4 is 5.32 Å². The van der Waals surface area contributed by atoms with E-state index >= 15 is 0 Å². The van der Waals surface area contributed by atoms with E-state index in [0.717, 1.165) is 5.56 Å². The highest BCUT2D eigenvalue weighted by molar-refractivity contribution is 6.31. The van der Waals surface area contributed by atoms with Gasteiger partial charge in [0.15, 0.2) is 0 Å². The number of carbonyl (C=O) groups is 3. The topological polar surface area (TPSA) is 66.5 Å². The number of carbonyl (C=O) groups excluding carboxylic acids is 3. The molecule has 3 rings (SSSR count). The van der Waals surface area contributed by atoms with Crippen molar-refractivity contribution in [1.82, 2.24) is 10.2 Å². The molecule has 0 radical (unpaired) electrons. The highest BCUT2D eigenvalue weighted by atomic mass is 35.5. The smallest absolute Gasteiger partial charge is 0.233 e. The predicted molar refractivity (Wildman–Crippen MR) is 94.6 cm³/mol. The van der Waals surface area contributed by atoms with Crippen molar-refractivity contribution in [3.8, 4) is 0 Å². The fraction of sp³-hybridized carbons (Fsp3) is 0.421. The monoisotopic (exact) mass is 360 g/mol. The standard InChI is InChI=1S/C19H21ClN2O3/c20-16-9-4-1-6-13(16)12-21-17(23)10-5-11-22-18(24)14-7-2-3-8-15(14)19(22)25/h1-4,6,9,14-15H,5,7-8,10-12H2,(H,21,23). The first kappa shape index (κ1) is 17.7. The third-order valence-corrected chi connectivity index (χ3v) is 5.19. The Labute approximate surface area is 152 Å². The van der Waals surface area contributed by atoms with Crippen LogP contribution in [0.3, 0.4) is 0 Å². The van der Waals surface area contributed by atoms with E-state index in [-0.39, 0.29) is 36.0 Å². The Morgan fingerprint density at radius 1 is 1.12 bits per heavy atom. The molecule has 0 spiro atoms. The second-order valence-corrected chi connectivity index (χ2v) is 6.86. The van der Waals surface area contributed by atoms with Crippen molar-refractivity contribution in [3.63, 3.8) is 0 Å². The molecule has 2 atom stereocenters. The van der Waals surface area contributed by atoms with Gasteiger partial charge in [-0.3, -0.25) is 19.3 Å². The van der Waals surface area contributed by atoms with Gasteiger partial charge in [-0.2, -0.15) is 0 Å². The van der Waals surface area contributed by atoms with Crippen LogP contribution in [-0.4, -0.2) is 29.2 Å². The Hall–Kier alpha value is -2.14. The number of benzene rings is 1. The summed E-state index contributed by atoms with van der Waals surface area (Å²) in [6.45, 7) is 0.681. The summed E-state index contributed by atoms with van der Waals surface area (Å²) >= 11 is 6.05. The maximum Gasteiger partial charge on any atom is 0.233 e. The molecule has 1 aromatic rings. The van der Waals surface area contributed by atoms with Crippen LogP contribution in [0.2, 0.25) is 5.02 Å². The van der Waals surface area contributed by atoms with Crippen LogP contribution in [0.25, 0.3) is 0 Å². The molecule has 2 unspecified atom stereocenters. The maximum absolute atomic E-state index is 12.3. The fourth-order valence-electron chi connectivity index (χ4n) is 3.41. The molecule has 2 aliphatic rings. The van der Waals surface area contributed by atoms with Gasteiger partial charge in [0.05, 0.1) is 11.8 Å². The molecule has 1 aliphatic heterocycles. The van der Waals surface area contributed by atoms with Gasteiger partial charge >= 0.3 is 0 Å². The summed E-state index contributed by atoms with van der Waals surface area (Å²) in [6, 6.07) is 7.35. The minimum Gasteiger partial charge on any atom is -0.352 e. The van der Waals surface area contributed by atoms with Crippen molar-refractivity contribution in [2.75, 3.05) is 6.54 Å². The molecule has 1 aliphatic carbocycles. The largest absolute Gasteiger partial charge is 0.352 e. The zero-order chi connectivity index (χ0) is 17.8. The molecule has 0 bridgehead atoms. The number of rotatable bonds is 6. The van der Waals surface area contributed by atoms with Crippen molar-refractivity contribution in [1.29, 1.82) is 0 Å². The Balaban J connectivity index is 1.43. The lowest BCUT2D eigenvalue weighted by Crippen LogP contribution is -2.33. The molecule has 0 saturated carbocycles. The number of allylic oxidation sites excluding steroid dienone is 2. The number of hydrogen-bond acceptors (Lipinski definition) is 3. The molecular formula is C19H21ClN2O3. The summed E-state index contributed by atoms with van der Waals surface area (Å²) in [6.07, 6.45) is 5.97. The predicted octanol–water partition coefficient (Wildman–Crippen LogP) is 2.69. The van der Waals surface area contributed by atoms with Gasteiger partial charge in [-0.1, -0.05) is 42.0 Å². The Morgan fingerprint density at radius 2 is 1.76 bits per heavy atom. The minimum absolute atomic E-state index is 0.0872. The zero-order valence-electron chi connectivity index (χ0n) is 13.9. The lowest BCUT2D eigenvalue weighted by molar-refractivity contribution is -0.140. The highest BCUT2D eigenvalue weighted by Gasteiger charge is 2.46. The van der Waals surface area contributed by atoms with Crippen LogP contribution in [0.4, 0.5) is 0 Å². The maximum atomic E-state index is 12.3. The van der Waals surface area contributed by atoms with Gasteiger partial charge in [-0.05, 0) is 30.9 Å². The van der Waals surface area contributed by atoms with Crippen molar-refractivity contribution in [2.24, 2.45) is 11.8 Å². The molecule has 1 fully saturated rings. The summed E-state index contributed by atoms with van der Waals surface area (Å²) in [5, 5.41) is 3.43. The van der Waals surface area contributed by atoms with E-state index in [9.17, 15) is 14.4 Å².